The van der Waals surface area contributed by atoms with Gasteiger partial charge in [0.1, 0.15) is 6.29 Å². The summed E-state index contributed by atoms with van der Waals surface area (Å²) in [6.45, 7) is 15.1. The van der Waals surface area contributed by atoms with Crippen molar-refractivity contribution in [2.45, 2.75) is 118 Å². The standard InChI is InChI=1S/C30H50O4/c1-19(2)15-22(32)16-20(3)23-12-14-30(7)25(18-31)26(33)17-24-21(9-8-13-29(23,30)6)10-11-27(34)28(24,4)5/h15,17-18,20-23,25-27,32-34H,8-14,16H2,1-7H3/b24-17+/t20-,21-,22?,23?,25?,26?,27?,29?,30+/m1/s1. The van der Waals surface area contributed by atoms with E-state index in [1.165, 1.54) is 0 Å². The second kappa shape index (κ2) is 10.2. The minimum atomic E-state index is -0.840. The van der Waals surface area contributed by atoms with Gasteiger partial charge in [-0.25, -0.2) is 0 Å². The fourth-order valence-corrected chi connectivity index (χ4v) is 8.27. The zero-order chi connectivity index (χ0) is 25.5. The minimum absolute atomic E-state index is 0.0846. The van der Waals surface area contributed by atoms with E-state index in [9.17, 15) is 20.1 Å². The lowest BCUT2D eigenvalue weighted by Crippen LogP contribution is -2.49. The average molecular weight is 475 g/mol. The van der Waals surface area contributed by atoms with Crippen LogP contribution in [0.3, 0.4) is 0 Å². The molecule has 0 amide bonds. The molecule has 0 aliphatic heterocycles. The van der Waals surface area contributed by atoms with Crippen molar-refractivity contribution in [3.8, 4) is 0 Å². The van der Waals surface area contributed by atoms with Gasteiger partial charge >= 0.3 is 0 Å². The van der Waals surface area contributed by atoms with Crippen molar-refractivity contribution in [3.63, 3.8) is 0 Å². The highest BCUT2D eigenvalue weighted by molar-refractivity contribution is 5.58. The Kier molecular flexibility index (Phi) is 8.27. The first kappa shape index (κ1) is 27.6. The first-order chi connectivity index (χ1) is 15.8. The highest BCUT2D eigenvalue weighted by Gasteiger charge is 2.59. The highest BCUT2D eigenvalue weighted by atomic mass is 16.3. The summed E-state index contributed by atoms with van der Waals surface area (Å²) in [4.78, 5) is 12.6. The van der Waals surface area contributed by atoms with Gasteiger partial charge in [-0.05, 0) is 87.4 Å². The predicted octanol–water partition coefficient (Wildman–Crippen LogP) is 5.85. The Bertz CT molecular complexity index is 794. The molecule has 0 aromatic rings. The number of carbonyl (C=O) groups excluding carboxylic acids is 1. The number of aldehydes is 1. The van der Waals surface area contributed by atoms with Crippen LogP contribution in [0.4, 0.5) is 0 Å². The van der Waals surface area contributed by atoms with Crippen LogP contribution in [-0.2, 0) is 4.79 Å². The molecular weight excluding hydrogens is 424 g/mol. The Morgan fingerprint density at radius 1 is 1.06 bits per heavy atom. The molecule has 3 rings (SSSR count). The van der Waals surface area contributed by atoms with Crippen molar-refractivity contribution in [3.05, 3.63) is 23.3 Å². The van der Waals surface area contributed by atoms with Crippen LogP contribution in [0.5, 0.6) is 0 Å². The molecule has 0 heterocycles. The molecule has 3 aliphatic carbocycles. The molecule has 4 heteroatoms. The van der Waals surface area contributed by atoms with E-state index in [0.717, 1.165) is 68.8 Å². The number of aliphatic hydroxyl groups is 3. The van der Waals surface area contributed by atoms with E-state index in [-0.39, 0.29) is 16.2 Å². The van der Waals surface area contributed by atoms with Crippen molar-refractivity contribution in [2.75, 3.05) is 0 Å². The van der Waals surface area contributed by atoms with Gasteiger partial charge in [-0.3, -0.25) is 0 Å². The Labute approximate surface area is 207 Å². The highest BCUT2D eigenvalue weighted by Crippen LogP contribution is 2.65. The van der Waals surface area contributed by atoms with E-state index >= 15 is 0 Å². The quantitative estimate of drug-likeness (QED) is 0.345. The van der Waals surface area contributed by atoms with E-state index in [2.05, 4.69) is 34.6 Å². The molecule has 0 radical (unpaired) electrons. The lowest BCUT2D eigenvalue weighted by Gasteiger charge is -2.52. The molecule has 194 valence electrons. The SMILES string of the molecule is CC(C)=CC(O)C[C@@H](C)C1CC[C@@]2(C)C(C=O)C(O)/C=C3\[C@H](CCCC12C)CCC(O)C3(C)C. The smallest absolute Gasteiger partial charge is 0.126 e. The fourth-order valence-electron chi connectivity index (χ4n) is 8.27. The first-order valence-corrected chi connectivity index (χ1v) is 13.6. The Morgan fingerprint density at radius 3 is 2.35 bits per heavy atom. The topological polar surface area (TPSA) is 77.8 Å². The summed E-state index contributed by atoms with van der Waals surface area (Å²) in [5.74, 6) is 0.614. The summed E-state index contributed by atoms with van der Waals surface area (Å²) >= 11 is 0. The van der Waals surface area contributed by atoms with Gasteiger partial charge in [0.2, 0.25) is 0 Å². The number of allylic oxidation sites excluding steroid dienone is 1. The number of carbonyl (C=O) groups is 1. The summed E-state index contributed by atoms with van der Waals surface area (Å²) < 4.78 is 0. The third kappa shape index (κ3) is 4.84. The number of rotatable bonds is 5. The van der Waals surface area contributed by atoms with Gasteiger partial charge in [-0.1, -0.05) is 64.3 Å². The van der Waals surface area contributed by atoms with Crippen LogP contribution < -0.4 is 0 Å². The number of hydrogen-bond donors (Lipinski definition) is 3. The van der Waals surface area contributed by atoms with Gasteiger partial charge in [0.25, 0.3) is 0 Å². The number of aliphatic hydroxyl groups excluding tert-OH is 3. The summed E-state index contributed by atoms with van der Waals surface area (Å²) in [5, 5.41) is 32.8. The second-order valence-electron chi connectivity index (χ2n) is 13.2. The minimum Gasteiger partial charge on any atom is -0.392 e. The second-order valence-corrected chi connectivity index (χ2v) is 13.2. The average Bonchev–Trinajstić information content (AvgIpc) is 2.98. The maximum Gasteiger partial charge on any atom is 0.126 e. The molecule has 2 fully saturated rings. The molecule has 0 spiro atoms. The zero-order valence-corrected chi connectivity index (χ0v) is 22.7. The van der Waals surface area contributed by atoms with E-state index in [0.29, 0.717) is 17.8 Å². The fraction of sp³-hybridized carbons (Fsp3) is 0.833. The largest absolute Gasteiger partial charge is 0.392 e. The molecule has 3 N–H and O–H groups in total. The summed E-state index contributed by atoms with van der Waals surface area (Å²) in [7, 11) is 0. The van der Waals surface area contributed by atoms with Crippen LogP contribution >= 0.6 is 0 Å². The van der Waals surface area contributed by atoms with E-state index < -0.39 is 24.2 Å². The molecule has 2 saturated carbocycles. The maximum absolute atomic E-state index is 12.6. The molecule has 0 aromatic heterocycles. The van der Waals surface area contributed by atoms with E-state index in [4.69, 9.17) is 0 Å². The van der Waals surface area contributed by atoms with E-state index in [1.807, 2.05) is 26.0 Å². The Hall–Kier alpha value is -0.970. The van der Waals surface area contributed by atoms with Crippen LogP contribution in [0.1, 0.15) is 99.8 Å². The number of hydrogen-bond acceptors (Lipinski definition) is 4. The van der Waals surface area contributed by atoms with Crippen LogP contribution in [0, 0.1) is 39.9 Å². The third-order valence-corrected chi connectivity index (χ3v) is 10.6. The monoisotopic (exact) mass is 474 g/mol. The zero-order valence-electron chi connectivity index (χ0n) is 22.7. The van der Waals surface area contributed by atoms with Crippen molar-refractivity contribution in [2.24, 2.45) is 39.9 Å². The number of fused-ring (bicyclic) bond motifs is 2. The molecule has 34 heavy (non-hydrogen) atoms. The summed E-state index contributed by atoms with van der Waals surface area (Å²) in [6.07, 6.45) is 10.8. The van der Waals surface area contributed by atoms with Gasteiger partial charge in [0.05, 0.1) is 24.2 Å². The van der Waals surface area contributed by atoms with Crippen molar-refractivity contribution in [1.29, 1.82) is 0 Å². The molecule has 0 bridgehead atoms. The molecule has 9 atom stereocenters. The van der Waals surface area contributed by atoms with Crippen LogP contribution in [-0.4, -0.2) is 39.9 Å². The Morgan fingerprint density at radius 2 is 1.74 bits per heavy atom. The summed E-state index contributed by atoms with van der Waals surface area (Å²) in [6, 6.07) is 0. The molecule has 0 saturated heterocycles. The van der Waals surface area contributed by atoms with E-state index in [1.54, 1.807) is 0 Å². The molecular formula is C30H50O4. The van der Waals surface area contributed by atoms with Crippen LogP contribution in [0.25, 0.3) is 0 Å². The van der Waals surface area contributed by atoms with Gasteiger partial charge in [-0.2, -0.15) is 0 Å². The van der Waals surface area contributed by atoms with Crippen molar-refractivity contribution >= 4 is 6.29 Å². The normalized spacial score (nSPS) is 43.5. The van der Waals surface area contributed by atoms with Crippen molar-refractivity contribution in [1.82, 2.24) is 0 Å². The van der Waals surface area contributed by atoms with Gasteiger partial charge < -0.3 is 20.1 Å². The third-order valence-electron chi connectivity index (χ3n) is 10.6. The summed E-state index contributed by atoms with van der Waals surface area (Å²) in [5.41, 5.74) is 1.50. The molecule has 6 unspecified atom stereocenters. The van der Waals surface area contributed by atoms with Crippen LogP contribution in [0.15, 0.2) is 23.3 Å². The van der Waals surface area contributed by atoms with Crippen molar-refractivity contribution < 1.29 is 20.1 Å². The molecule has 4 nitrogen and oxygen atoms in total. The molecule has 3 aliphatic rings. The van der Waals surface area contributed by atoms with Crippen LogP contribution in [0.2, 0.25) is 0 Å². The first-order valence-electron chi connectivity index (χ1n) is 13.6. The predicted molar refractivity (Wildman–Crippen MR) is 138 cm³/mol. The van der Waals surface area contributed by atoms with Gasteiger partial charge in [0.15, 0.2) is 0 Å². The van der Waals surface area contributed by atoms with Gasteiger partial charge in [-0.15, -0.1) is 0 Å². The lowest BCUT2D eigenvalue weighted by molar-refractivity contribution is -0.126. The molecule has 0 aromatic carbocycles. The lowest BCUT2D eigenvalue weighted by atomic mass is 9.53. The maximum atomic E-state index is 12.6. The van der Waals surface area contributed by atoms with Gasteiger partial charge in [0, 0.05) is 5.41 Å². The Balaban J connectivity index is 1.98.